The molecule has 0 radical (unpaired) electrons. The fraction of sp³-hybridized carbons (Fsp3) is 0.429. The lowest BCUT2D eigenvalue weighted by molar-refractivity contribution is -0.155. The molecule has 2 aromatic carbocycles. The first-order valence-corrected chi connectivity index (χ1v) is 12.6. The predicted octanol–water partition coefficient (Wildman–Crippen LogP) is 3.15. The van der Waals surface area contributed by atoms with Gasteiger partial charge in [0.1, 0.15) is 18.8 Å². The fourth-order valence-corrected chi connectivity index (χ4v) is 3.73. The van der Waals surface area contributed by atoms with Gasteiger partial charge in [0.25, 0.3) is 0 Å². The number of nitrogens with one attached hydrogen (secondary N) is 1. The van der Waals surface area contributed by atoms with E-state index in [-0.39, 0.29) is 51.7 Å². The maximum absolute atomic E-state index is 12.9. The van der Waals surface area contributed by atoms with Crippen molar-refractivity contribution in [3.63, 3.8) is 0 Å². The number of ether oxygens (including phenoxy) is 3. The number of alkyl carbamates (subject to hydrolysis) is 1. The second-order valence-electron chi connectivity index (χ2n) is 9.88. The summed E-state index contributed by atoms with van der Waals surface area (Å²) in [6.45, 7) is 6.08. The van der Waals surface area contributed by atoms with Gasteiger partial charge in [-0.3, -0.25) is 4.79 Å². The highest BCUT2D eigenvalue weighted by Crippen LogP contribution is 2.13. The van der Waals surface area contributed by atoms with E-state index in [2.05, 4.69) is 5.32 Å². The molecule has 10 heteroatoms. The van der Waals surface area contributed by atoms with Crippen LogP contribution in [0.5, 0.6) is 0 Å². The lowest BCUT2D eigenvalue weighted by atomic mass is 10.1. The van der Waals surface area contributed by atoms with Gasteiger partial charge in [-0.05, 0) is 31.9 Å². The molecule has 2 aromatic rings. The molecule has 0 spiro atoms. The first-order valence-electron chi connectivity index (χ1n) is 12.6. The Balaban J connectivity index is 1.51. The molecule has 1 aliphatic rings. The molecule has 10 nitrogen and oxygen atoms in total. The molecule has 1 saturated heterocycles. The van der Waals surface area contributed by atoms with Crippen LogP contribution in [-0.2, 0) is 36.8 Å². The Kier molecular flexibility index (Phi) is 10.1. The van der Waals surface area contributed by atoms with E-state index < -0.39 is 29.9 Å². The van der Waals surface area contributed by atoms with Crippen LogP contribution in [0.25, 0.3) is 0 Å². The topological polar surface area (TPSA) is 114 Å². The molecule has 3 rings (SSSR count). The van der Waals surface area contributed by atoms with Crippen molar-refractivity contribution < 1.29 is 33.4 Å². The zero-order valence-corrected chi connectivity index (χ0v) is 22.1. The van der Waals surface area contributed by atoms with Crippen molar-refractivity contribution in [1.29, 1.82) is 0 Å². The Bertz CT molecular complexity index is 1080. The number of amides is 3. The number of piperazine rings is 1. The molecule has 0 aliphatic carbocycles. The molecule has 204 valence electrons. The van der Waals surface area contributed by atoms with Crippen molar-refractivity contribution in [3.8, 4) is 0 Å². The van der Waals surface area contributed by atoms with Gasteiger partial charge in [-0.1, -0.05) is 60.7 Å². The number of hydrogen-bond donors (Lipinski definition) is 1. The molecular weight excluding hydrogens is 490 g/mol. The Labute approximate surface area is 222 Å². The standard InChI is InChI=1S/C28H35N3O7/c1-28(2,3)38-26(34)29-19-24(32)30-14-16-31(17-15-30)27(35)37-23(18-21-10-6-4-7-11-21)25(33)36-20-22-12-8-5-9-13-22/h4-13,23H,14-20H2,1-3H3,(H,29,34)/t23-/m0/s1. The van der Waals surface area contributed by atoms with E-state index in [9.17, 15) is 19.2 Å². The van der Waals surface area contributed by atoms with E-state index in [1.165, 1.54) is 4.90 Å². The van der Waals surface area contributed by atoms with Gasteiger partial charge < -0.3 is 29.3 Å². The zero-order valence-electron chi connectivity index (χ0n) is 22.1. The third kappa shape index (κ3) is 9.42. The Morgan fingerprint density at radius 2 is 1.39 bits per heavy atom. The molecule has 0 unspecified atom stereocenters. The smallest absolute Gasteiger partial charge is 0.410 e. The zero-order chi connectivity index (χ0) is 27.5. The number of rotatable bonds is 8. The van der Waals surface area contributed by atoms with Gasteiger partial charge in [-0.2, -0.15) is 0 Å². The third-order valence-electron chi connectivity index (χ3n) is 5.67. The van der Waals surface area contributed by atoms with Crippen molar-refractivity contribution in [1.82, 2.24) is 15.1 Å². The van der Waals surface area contributed by atoms with E-state index in [4.69, 9.17) is 14.2 Å². The summed E-state index contributed by atoms with van der Waals surface area (Å²) in [5.41, 5.74) is 0.994. The van der Waals surface area contributed by atoms with E-state index in [0.717, 1.165) is 11.1 Å². The molecule has 1 heterocycles. The van der Waals surface area contributed by atoms with Crippen molar-refractivity contribution in [2.24, 2.45) is 0 Å². The Hall–Kier alpha value is -4.08. The van der Waals surface area contributed by atoms with Crippen LogP contribution in [0.4, 0.5) is 9.59 Å². The molecule has 1 fully saturated rings. The number of hydrogen-bond acceptors (Lipinski definition) is 7. The summed E-state index contributed by atoms with van der Waals surface area (Å²) < 4.78 is 16.2. The quantitative estimate of drug-likeness (QED) is 0.416. The van der Waals surface area contributed by atoms with Crippen LogP contribution in [0.1, 0.15) is 31.9 Å². The molecule has 1 N–H and O–H groups in total. The van der Waals surface area contributed by atoms with Crippen LogP contribution in [0, 0.1) is 0 Å². The van der Waals surface area contributed by atoms with Crippen LogP contribution in [0.2, 0.25) is 0 Å². The Morgan fingerprint density at radius 1 is 0.842 bits per heavy atom. The molecule has 0 bridgehead atoms. The van der Waals surface area contributed by atoms with E-state index in [0.29, 0.717) is 0 Å². The second-order valence-corrected chi connectivity index (χ2v) is 9.88. The minimum Gasteiger partial charge on any atom is -0.458 e. The van der Waals surface area contributed by atoms with Gasteiger partial charge in [-0.25, -0.2) is 14.4 Å². The summed E-state index contributed by atoms with van der Waals surface area (Å²) in [5.74, 6) is -0.914. The fourth-order valence-electron chi connectivity index (χ4n) is 3.73. The predicted molar refractivity (Wildman–Crippen MR) is 139 cm³/mol. The first-order chi connectivity index (χ1) is 18.1. The van der Waals surface area contributed by atoms with E-state index in [1.54, 1.807) is 25.7 Å². The van der Waals surface area contributed by atoms with Gasteiger partial charge in [0.2, 0.25) is 12.0 Å². The van der Waals surface area contributed by atoms with Crippen molar-refractivity contribution >= 4 is 24.1 Å². The van der Waals surface area contributed by atoms with Crippen LogP contribution in [0.3, 0.4) is 0 Å². The van der Waals surface area contributed by atoms with Gasteiger partial charge in [-0.15, -0.1) is 0 Å². The normalized spacial score (nSPS) is 14.3. The number of benzene rings is 2. The highest BCUT2D eigenvalue weighted by molar-refractivity contribution is 5.83. The first kappa shape index (κ1) is 28.5. The molecule has 1 aliphatic heterocycles. The third-order valence-corrected chi connectivity index (χ3v) is 5.67. The molecular formula is C28H35N3O7. The van der Waals surface area contributed by atoms with Crippen LogP contribution in [-0.4, -0.2) is 78.3 Å². The minimum absolute atomic E-state index is 0.0701. The summed E-state index contributed by atoms with van der Waals surface area (Å²) in [7, 11) is 0. The summed E-state index contributed by atoms with van der Waals surface area (Å²) in [6.07, 6.45) is -2.26. The molecule has 1 atom stereocenters. The molecule has 0 aromatic heterocycles. The van der Waals surface area contributed by atoms with Crippen molar-refractivity contribution in [2.45, 2.75) is 45.5 Å². The summed E-state index contributed by atoms with van der Waals surface area (Å²) in [6, 6.07) is 18.5. The van der Waals surface area contributed by atoms with Crippen LogP contribution < -0.4 is 5.32 Å². The van der Waals surface area contributed by atoms with Gasteiger partial charge in [0.05, 0.1) is 0 Å². The minimum atomic E-state index is -1.12. The Morgan fingerprint density at radius 3 is 1.97 bits per heavy atom. The largest absolute Gasteiger partial charge is 0.458 e. The summed E-state index contributed by atoms with van der Waals surface area (Å²) in [4.78, 5) is 53.1. The van der Waals surface area contributed by atoms with Gasteiger partial charge in [0.15, 0.2) is 0 Å². The van der Waals surface area contributed by atoms with E-state index in [1.807, 2.05) is 60.7 Å². The summed E-state index contributed by atoms with van der Waals surface area (Å²) in [5, 5.41) is 2.45. The highest BCUT2D eigenvalue weighted by atomic mass is 16.6. The average Bonchev–Trinajstić information content (AvgIpc) is 2.90. The number of carbonyl (C=O) groups excluding carboxylic acids is 4. The lowest BCUT2D eigenvalue weighted by Gasteiger charge is -2.34. The SMILES string of the molecule is CC(C)(C)OC(=O)NCC(=O)N1CCN(C(=O)O[C@@H](Cc2ccccc2)C(=O)OCc2ccccc2)CC1. The van der Waals surface area contributed by atoms with Crippen LogP contribution in [0.15, 0.2) is 60.7 Å². The number of carbonyl (C=O) groups is 4. The van der Waals surface area contributed by atoms with E-state index >= 15 is 0 Å². The molecule has 3 amide bonds. The van der Waals surface area contributed by atoms with Crippen LogP contribution >= 0.6 is 0 Å². The molecule has 0 saturated carbocycles. The molecule has 38 heavy (non-hydrogen) atoms. The maximum atomic E-state index is 12.9. The monoisotopic (exact) mass is 525 g/mol. The summed E-state index contributed by atoms with van der Waals surface area (Å²) >= 11 is 0. The van der Waals surface area contributed by atoms with Gasteiger partial charge >= 0.3 is 18.2 Å². The highest BCUT2D eigenvalue weighted by Gasteiger charge is 2.30. The van der Waals surface area contributed by atoms with Crippen molar-refractivity contribution in [2.75, 3.05) is 32.7 Å². The lowest BCUT2D eigenvalue weighted by Crippen LogP contribution is -2.53. The second kappa shape index (κ2) is 13.5. The van der Waals surface area contributed by atoms with Gasteiger partial charge in [0, 0.05) is 32.6 Å². The average molecular weight is 526 g/mol. The number of esters is 1. The maximum Gasteiger partial charge on any atom is 0.410 e. The number of nitrogens with zero attached hydrogens (tertiary/aromatic N) is 2. The van der Waals surface area contributed by atoms with Crippen molar-refractivity contribution in [3.05, 3.63) is 71.8 Å².